The first kappa shape index (κ1) is 14.7. The summed E-state index contributed by atoms with van der Waals surface area (Å²) in [5.74, 6) is 0.478. The van der Waals surface area contributed by atoms with Gasteiger partial charge in [0, 0.05) is 0 Å². The smallest absolute Gasteiger partial charge is 0.310 e. The van der Waals surface area contributed by atoms with Gasteiger partial charge in [0.05, 0.1) is 13.0 Å². The fraction of sp³-hybridized carbons (Fsp3) is 0.562. The molecular formula is C16H24O2. The molecule has 0 bridgehead atoms. The van der Waals surface area contributed by atoms with Crippen LogP contribution >= 0.6 is 0 Å². The maximum atomic E-state index is 11.7. The molecule has 0 saturated carbocycles. The first-order chi connectivity index (χ1) is 8.39. The van der Waals surface area contributed by atoms with Crippen molar-refractivity contribution in [1.82, 2.24) is 0 Å². The lowest BCUT2D eigenvalue weighted by atomic mass is 9.85. The average Bonchev–Trinajstić information content (AvgIpc) is 2.26. The molecule has 2 nitrogen and oxygen atoms in total. The summed E-state index contributed by atoms with van der Waals surface area (Å²) in [6.07, 6.45) is 1.42. The van der Waals surface area contributed by atoms with Crippen LogP contribution in [0.15, 0.2) is 30.3 Å². The van der Waals surface area contributed by atoms with Crippen LogP contribution in [0.4, 0.5) is 0 Å². The molecule has 2 heteroatoms. The highest BCUT2D eigenvalue weighted by molar-refractivity contribution is 5.72. The molecule has 0 saturated heterocycles. The Kier molecular flexibility index (Phi) is 5.39. The second-order valence-electron chi connectivity index (χ2n) is 6.09. The molecule has 0 aliphatic carbocycles. The lowest BCUT2D eigenvalue weighted by molar-refractivity contribution is -0.146. The van der Waals surface area contributed by atoms with Crippen molar-refractivity contribution in [2.75, 3.05) is 6.61 Å². The largest absolute Gasteiger partial charge is 0.465 e. The molecule has 1 aromatic rings. The van der Waals surface area contributed by atoms with E-state index < -0.39 is 0 Å². The Bertz CT molecular complexity index is 366. The summed E-state index contributed by atoms with van der Waals surface area (Å²) in [5.41, 5.74) is 1.06. The van der Waals surface area contributed by atoms with Crippen LogP contribution in [0, 0.1) is 11.3 Å². The summed E-state index contributed by atoms with van der Waals surface area (Å²) in [7, 11) is 0. The van der Waals surface area contributed by atoms with Crippen LogP contribution in [-0.2, 0) is 16.0 Å². The molecule has 0 fully saturated rings. The maximum absolute atomic E-state index is 11.7. The second-order valence-corrected chi connectivity index (χ2v) is 6.09. The molecule has 0 aliphatic rings. The zero-order valence-corrected chi connectivity index (χ0v) is 11.9. The molecule has 0 atom stereocenters. The van der Waals surface area contributed by atoms with Gasteiger partial charge in [0.1, 0.15) is 0 Å². The first-order valence-electron chi connectivity index (χ1n) is 6.58. The van der Waals surface area contributed by atoms with Crippen molar-refractivity contribution in [1.29, 1.82) is 0 Å². The van der Waals surface area contributed by atoms with Crippen molar-refractivity contribution >= 4 is 5.97 Å². The van der Waals surface area contributed by atoms with Crippen LogP contribution in [0.1, 0.15) is 39.7 Å². The van der Waals surface area contributed by atoms with E-state index in [2.05, 4.69) is 27.7 Å². The minimum absolute atomic E-state index is 0.0561. The van der Waals surface area contributed by atoms with Crippen molar-refractivity contribution in [3.05, 3.63) is 35.9 Å². The molecule has 1 rings (SSSR count). The van der Waals surface area contributed by atoms with E-state index in [0.717, 1.165) is 12.0 Å². The third-order valence-electron chi connectivity index (χ3n) is 2.78. The van der Waals surface area contributed by atoms with Gasteiger partial charge in [-0.2, -0.15) is 0 Å². The van der Waals surface area contributed by atoms with Gasteiger partial charge in [-0.25, -0.2) is 0 Å². The van der Waals surface area contributed by atoms with E-state index in [4.69, 9.17) is 4.74 Å². The monoisotopic (exact) mass is 248 g/mol. The maximum Gasteiger partial charge on any atom is 0.310 e. The normalized spacial score (nSPS) is 11.6. The number of esters is 1. The van der Waals surface area contributed by atoms with Gasteiger partial charge in [-0.1, -0.05) is 58.0 Å². The Hall–Kier alpha value is -1.31. The van der Waals surface area contributed by atoms with Crippen LogP contribution in [0.25, 0.3) is 0 Å². The number of ether oxygens (including phenoxy) is 1. The van der Waals surface area contributed by atoms with Gasteiger partial charge in [-0.15, -0.1) is 0 Å². The summed E-state index contributed by atoms with van der Waals surface area (Å²) in [5, 5.41) is 0. The lowest BCUT2D eigenvalue weighted by Gasteiger charge is -2.26. The fourth-order valence-electron chi connectivity index (χ4n) is 2.25. The van der Waals surface area contributed by atoms with Crippen LogP contribution < -0.4 is 0 Å². The van der Waals surface area contributed by atoms with E-state index in [0.29, 0.717) is 18.9 Å². The Morgan fingerprint density at radius 2 is 1.83 bits per heavy atom. The third-order valence-corrected chi connectivity index (χ3v) is 2.78. The topological polar surface area (TPSA) is 26.3 Å². The van der Waals surface area contributed by atoms with E-state index in [1.54, 1.807) is 0 Å². The second kappa shape index (κ2) is 6.58. The van der Waals surface area contributed by atoms with Crippen LogP contribution in [-0.4, -0.2) is 12.6 Å². The highest BCUT2D eigenvalue weighted by Crippen LogP contribution is 2.25. The SMILES string of the molecule is CC(C)CC(C)(C)COC(=O)Cc1ccccc1. The number of hydrogen-bond acceptors (Lipinski definition) is 2. The number of hydrogen-bond donors (Lipinski definition) is 0. The van der Waals surface area contributed by atoms with Gasteiger partial charge in [0.15, 0.2) is 0 Å². The molecule has 0 amide bonds. The molecule has 0 unspecified atom stereocenters. The van der Waals surface area contributed by atoms with Gasteiger partial charge in [0.2, 0.25) is 0 Å². The predicted molar refractivity (Wildman–Crippen MR) is 74.3 cm³/mol. The standard InChI is InChI=1S/C16H24O2/c1-13(2)11-16(3,4)12-18-15(17)10-14-8-6-5-7-9-14/h5-9,13H,10-12H2,1-4H3. The van der Waals surface area contributed by atoms with Gasteiger partial charge < -0.3 is 4.74 Å². The van der Waals surface area contributed by atoms with Gasteiger partial charge >= 0.3 is 5.97 Å². The molecule has 1 aromatic carbocycles. The average molecular weight is 248 g/mol. The van der Waals surface area contributed by atoms with Crippen LogP contribution in [0.3, 0.4) is 0 Å². The van der Waals surface area contributed by atoms with Gasteiger partial charge in [0.25, 0.3) is 0 Å². The summed E-state index contributed by atoms with van der Waals surface area (Å²) in [4.78, 5) is 11.7. The Labute approximate surface area is 110 Å². The number of benzene rings is 1. The summed E-state index contributed by atoms with van der Waals surface area (Å²) < 4.78 is 5.37. The van der Waals surface area contributed by atoms with E-state index >= 15 is 0 Å². The molecule has 100 valence electrons. The number of carbonyl (C=O) groups excluding carboxylic acids is 1. The predicted octanol–water partition coefficient (Wildman–Crippen LogP) is 3.84. The van der Waals surface area contributed by atoms with Crippen molar-refractivity contribution in [2.24, 2.45) is 11.3 Å². The first-order valence-corrected chi connectivity index (χ1v) is 6.58. The molecule has 0 N–H and O–H groups in total. The Balaban J connectivity index is 2.37. The van der Waals surface area contributed by atoms with Crippen LogP contribution in [0.5, 0.6) is 0 Å². The number of rotatable bonds is 6. The minimum atomic E-state index is -0.141. The molecule has 18 heavy (non-hydrogen) atoms. The fourth-order valence-corrected chi connectivity index (χ4v) is 2.25. The van der Waals surface area contributed by atoms with Gasteiger partial charge in [-0.05, 0) is 23.3 Å². The third kappa shape index (κ3) is 5.85. The van der Waals surface area contributed by atoms with E-state index in [1.165, 1.54) is 0 Å². The minimum Gasteiger partial charge on any atom is -0.465 e. The van der Waals surface area contributed by atoms with E-state index in [1.807, 2.05) is 30.3 Å². The zero-order valence-electron chi connectivity index (χ0n) is 11.9. The van der Waals surface area contributed by atoms with Crippen LogP contribution in [0.2, 0.25) is 0 Å². The summed E-state index contributed by atoms with van der Waals surface area (Å²) in [6.45, 7) is 9.16. The lowest BCUT2D eigenvalue weighted by Crippen LogP contribution is -2.24. The van der Waals surface area contributed by atoms with Crippen molar-refractivity contribution < 1.29 is 9.53 Å². The zero-order chi connectivity index (χ0) is 13.6. The highest BCUT2D eigenvalue weighted by Gasteiger charge is 2.21. The van der Waals surface area contributed by atoms with E-state index in [9.17, 15) is 4.79 Å². The molecule has 0 spiro atoms. The molecule has 0 heterocycles. The van der Waals surface area contributed by atoms with Gasteiger partial charge in [-0.3, -0.25) is 4.79 Å². The Morgan fingerprint density at radius 1 is 1.22 bits per heavy atom. The summed E-state index contributed by atoms with van der Waals surface area (Å²) >= 11 is 0. The molecular weight excluding hydrogens is 224 g/mol. The quantitative estimate of drug-likeness (QED) is 0.715. The highest BCUT2D eigenvalue weighted by atomic mass is 16.5. The van der Waals surface area contributed by atoms with E-state index in [-0.39, 0.29) is 11.4 Å². The van der Waals surface area contributed by atoms with Crippen molar-refractivity contribution in [3.8, 4) is 0 Å². The summed E-state index contributed by atoms with van der Waals surface area (Å²) in [6, 6.07) is 9.71. The molecule has 0 aromatic heterocycles. The Morgan fingerprint density at radius 3 is 2.39 bits per heavy atom. The molecule has 0 aliphatic heterocycles. The van der Waals surface area contributed by atoms with Crippen molar-refractivity contribution in [2.45, 2.75) is 40.5 Å². The van der Waals surface area contributed by atoms with Crippen molar-refractivity contribution in [3.63, 3.8) is 0 Å². The number of carbonyl (C=O) groups is 1. The molecule has 0 radical (unpaired) electrons.